The van der Waals surface area contributed by atoms with E-state index in [4.69, 9.17) is 4.74 Å². The lowest BCUT2D eigenvalue weighted by Gasteiger charge is -2.25. The van der Waals surface area contributed by atoms with Gasteiger partial charge >= 0.3 is 0 Å². The highest BCUT2D eigenvalue weighted by Crippen LogP contribution is 2.30. The molecule has 7 heteroatoms. The van der Waals surface area contributed by atoms with Crippen LogP contribution in [0, 0.1) is 11.3 Å². The number of aromatic nitrogens is 3. The number of ether oxygens (including phenoxy) is 1. The minimum Gasteiger partial charge on any atom is -0.379 e. The Bertz CT molecular complexity index is 929. The van der Waals surface area contributed by atoms with Gasteiger partial charge in [0.1, 0.15) is 6.07 Å². The molecule has 1 fully saturated rings. The number of hydrogen-bond donors (Lipinski definition) is 1. The molecule has 2 heterocycles. The maximum atomic E-state index is 9.42. The molecule has 0 atom stereocenters. The summed E-state index contributed by atoms with van der Waals surface area (Å²) in [5.41, 5.74) is 2.53. The Labute approximate surface area is 156 Å². The monoisotopic (exact) mass is 363 g/mol. The van der Waals surface area contributed by atoms with Gasteiger partial charge in [0.2, 0.25) is 0 Å². The molecule has 0 aliphatic carbocycles. The summed E-state index contributed by atoms with van der Waals surface area (Å²) < 4.78 is 7.61. The second-order valence-corrected chi connectivity index (χ2v) is 6.97. The molecule has 0 bridgehead atoms. The summed E-state index contributed by atoms with van der Waals surface area (Å²) in [5.74, 6) is 1.35. The molecule has 1 saturated heterocycles. The fraction of sp³-hybridized carbons (Fsp3) is 0.211. The minimum absolute atomic E-state index is 0.622. The van der Waals surface area contributed by atoms with E-state index in [9.17, 15) is 5.26 Å². The summed E-state index contributed by atoms with van der Waals surface area (Å²) in [5, 5.41) is 16.8. The number of nitriles is 1. The molecule has 1 aliphatic heterocycles. The average Bonchev–Trinajstić information content (AvgIpc) is 3.20. The maximum Gasteiger partial charge on any atom is 0.181 e. The van der Waals surface area contributed by atoms with Crippen LogP contribution in [0.4, 0.5) is 0 Å². The molecule has 1 aliphatic rings. The average molecular weight is 363 g/mol. The number of nitrogens with one attached hydrogen (secondary N) is 1. The first-order chi connectivity index (χ1) is 12.8. The highest BCUT2D eigenvalue weighted by molar-refractivity contribution is 7.97. The van der Waals surface area contributed by atoms with Crippen LogP contribution in [0.2, 0.25) is 0 Å². The second-order valence-electron chi connectivity index (χ2n) is 5.83. The normalized spacial score (nSPS) is 14.9. The van der Waals surface area contributed by atoms with E-state index < -0.39 is 0 Å². The lowest BCUT2D eigenvalue weighted by atomic mass is 10.1. The van der Waals surface area contributed by atoms with Crippen molar-refractivity contribution in [2.45, 2.75) is 4.90 Å². The molecule has 2 aromatic carbocycles. The van der Waals surface area contributed by atoms with Gasteiger partial charge in [0.25, 0.3) is 0 Å². The van der Waals surface area contributed by atoms with Crippen molar-refractivity contribution < 1.29 is 4.74 Å². The van der Waals surface area contributed by atoms with Gasteiger partial charge in [-0.05, 0) is 30.1 Å². The third kappa shape index (κ3) is 3.63. The molecule has 0 spiro atoms. The third-order valence-corrected chi connectivity index (χ3v) is 5.25. The number of rotatable bonds is 4. The van der Waals surface area contributed by atoms with Crippen molar-refractivity contribution in [3.63, 3.8) is 0 Å². The largest absolute Gasteiger partial charge is 0.379 e. The van der Waals surface area contributed by atoms with E-state index in [0.29, 0.717) is 11.4 Å². The van der Waals surface area contributed by atoms with Crippen LogP contribution in [-0.4, -0.2) is 45.8 Å². The number of H-pyrrole nitrogens is 1. The Hall–Kier alpha value is -2.66. The molecule has 130 valence electrons. The molecule has 1 aromatic heterocycles. The Kier molecular flexibility index (Phi) is 4.97. The number of morpholine rings is 1. The van der Waals surface area contributed by atoms with Crippen LogP contribution in [-0.2, 0) is 4.74 Å². The Morgan fingerprint density at radius 1 is 1.08 bits per heavy atom. The molecular formula is C19H17N5OS. The van der Waals surface area contributed by atoms with Gasteiger partial charge < -0.3 is 4.74 Å². The number of hydrogen-bond acceptors (Lipinski definition) is 6. The van der Waals surface area contributed by atoms with E-state index in [2.05, 4.69) is 25.6 Å². The summed E-state index contributed by atoms with van der Waals surface area (Å²) in [4.78, 5) is 5.52. The van der Waals surface area contributed by atoms with Gasteiger partial charge in [-0.25, -0.2) is 9.29 Å². The number of benzene rings is 2. The molecule has 0 saturated carbocycles. The first-order valence-corrected chi connectivity index (χ1v) is 9.14. The second kappa shape index (κ2) is 7.70. The van der Waals surface area contributed by atoms with Crippen molar-refractivity contribution in [2.75, 3.05) is 26.3 Å². The smallest absolute Gasteiger partial charge is 0.181 e. The van der Waals surface area contributed by atoms with Crippen LogP contribution >= 0.6 is 11.9 Å². The summed E-state index contributed by atoms with van der Waals surface area (Å²) >= 11 is 1.59. The zero-order valence-electron chi connectivity index (χ0n) is 14.1. The van der Waals surface area contributed by atoms with Gasteiger partial charge in [-0.1, -0.05) is 30.3 Å². The van der Waals surface area contributed by atoms with E-state index >= 15 is 0 Å². The van der Waals surface area contributed by atoms with Gasteiger partial charge in [-0.15, -0.1) is 0 Å². The van der Waals surface area contributed by atoms with Crippen LogP contribution in [0.25, 0.3) is 22.8 Å². The highest BCUT2D eigenvalue weighted by atomic mass is 32.2. The standard InChI is InChI=1S/C19H17N5OS/c20-13-16-7-6-15(12-17(16)26-24-8-10-25-11-9-24)19-21-18(22-23-19)14-4-2-1-3-5-14/h1-7,12H,8-11H2,(H,21,22,23). The minimum atomic E-state index is 0.622. The van der Waals surface area contributed by atoms with E-state index in [-0.39, 0.29) is 0 Å². The molecule has 4 rings (SSSR count). The van der Waals surface area contributed by atoms with Gasteiger partial charge in [0.15, 0.2) is 11.6 Å². The summed E-state index contributed by atoms with van der Waals surface area (Å²) in [6.07, 6.45) is 0. The molecule has 6 nitrogen and oxygen atoms in total. The summed E-state index contributed by atoms with van der Waals surface area (Å²) in [7, 11) is 0. The topological polar surface area (TPSA) is 77.8 Å². The molecule has 1 N–H and O–H groups in total. The van der Waals surface area contributed by atoms with Crippen molar-refractivity contribution in [3.05, 3.63) is 54.1 Å². The van der Waals surface area contributed by atoms with Crippen LogP contribution in [0.3, 0.4) is 0 Å². The third-order valence-electron chi connectivity index (χ3n) is 4.09. The summed E-state index contributed by atoms with van der Waals surface area (Å²) in [6.45, 7) is 3.13. The fourth-order valence-electron chi connectivity index (χ4n) is 2.72. The van der Waals surface area contributed by atoms with Crippen molar-refractivity contribution in [2.24, 2.45) is 0 Å². The molecular weight excluding hydrogens is 346 g/mol. The van der Waals surface area contributed by atoms with Gasteiger partial charge in [-0.2, -0.15) is 10.4 Å². The van der Waals surface area contributed by atoms with E-state index in [1.807, 2.05) is 48.5 Å². The first kappa shape index (κ1) is 16.8. The fourth-order valence-corrected chi connectivity index (χ4v) is 3.72. The van der Waals surface area contributed by atoms with Crippen LogP contribution in [0.1, 0.15) is 5.56 Å². The van der Waals surface area contributed by atoms with Crippen LogP contribution in [0.5, 0.6) is 0 Å². The van der Waals surface area contributed by atoms with E-state index in [1.165, 1.54) is 0 Å². The lowest BCUT2D eigenvalue weighted by Crippen LogP contribution is -2.30. The van der Waals surface area contributed by atoms with Crippen LogP contribution in [0.15, 0.2) is 53.4 Å². The highest BCUT2D eigenvalue weighted by Gasteiger charge is 2.16. The van der Waals surface area contributed by atoms with Crippen molar-refractivity contribution >= 4 is 11.9 Å². The molecule has 0 amide bonds. The van der Waals surface area contributed by atoms with Gasteiger partial charge in [0.05, 0.1) is 18.8 Å². The van der Waals surface area contributed by atoms with E-state index in [1.54, 1.807) is 11.9 Å². The van der Waals surface area contributed by atoms with Crippen LogP contribution < -0.4 is 0 Å². The SMILES string of the molecule is N#Cc1ccc(-c2n[nH]c(-c3ccccc3)n2)cc1SN1CCOCC1. The lowest BCUT2D eigenvalue weighted by molar-refractivity contribution is 0.0773. The van der Waals surface area contributed by atoms with Crippen molar-refractivity contribution in [1.82, 2.24) is 19.5 Å². The molecule has 26 heavy (non-hydrogen) atoms. The molecule has 0 unspecified atom stereocenters. The number of aromatic amines is 1. The van der Waals surface area contributed by atoms with E-state index in [0.717, 1.165) is 48.2 Å². The van der Waals surface area contributed by atoms with Gasteiger partial charge in [-0.3, -0.25) is 5.10 Å². The Morgan fingerprint density at radius 3 is 2.65 bits per heavy atom. The van der Waals surface area contributed by atoms with Gasteiger partial charge in [0, 0.05) is 29.1 Å². The Morgan fingerprint density at radius 2 is 1.88 bits per heavy atom. The van der Waals surface area contributed by atoms with Crippen molar-refractivity contribution in [1.29, 1.82) is 5.26 Å². The predicted octanol–water partition coefficient (Wildman–Crippen LogP) is 3.35. The first-order valence-electron chi connectivity index (χ1n) is 8.36. The molecule has 3 aromatic rings. The maximum absolute atomic E-state index is 9.42. The number of nitrogens with zero attached hydrogens (tertiary/aromatic N) is 4. The summed E-state index contributed by atoms with van der Waals surface area (Å²) in [6, 6.07) is 17.9. The quantitative estimate of drug-likeness (QED) is 0.716. The Balaban J connectivity index is 1.62. The zero-order valence-corrected chi connectivity index (χ0v) is 14.9. The molecule has 0 radical (unpaired) electrons. The predicted molar refractivity (Wildman–Crippen MR) is 100 cm³/mol. The van der Waals surface area contributed by atoms with Crippen molar-refractivity contribution in [3.8, 4) is 28.8 Å². The zero-order chi connectivity index (χ0) is 17.8.